The third-order valence-electron chi connectivity index (χ3n) is 12.9. The predicted octanol–water partition coefficient (Wildman–Crippen LogP) is 16.0. The standard InChI is InChI=1S/C61H39N5/c1-6-16-42(17-7-1)59-62-60(43-18-8-2-9-19-43)64-61(63-59)45-31-37-55-53(39-45)54-38-44-30-35-51-50(34-28-41-29-36-52(57(44)56(41)51)58(54)66(55)48-24-14-5-15-25-48)40-26-32-49(33-27-40)65(46-20-10-3-11-21-46)47-22-12-4-13-23-47/h1-39H. The zero-order chi connectivity index (χ0) is 43.6. The van der Waals surface area contributed by atoms with Crippen LogP contribution < -0.4 is 4.90 Å². The van der Waals surface area contributed by atoms with E-state index in [0.717, 1.165) is 50.3 Å². The van der Waals surface area contributed by atoms with Crippen LogP contribution in [-0.2, 0) is 0 Å². The Hall–Kier alpha value is -8.93. The third-order valence-corrected chi connectivity index (χ3v) is 12.9. The molecule has 0 unspecified atom stereocenters. The SMILES string of the molecule is c1ccc(-c2nc(-c3ccccc3)nc(-c3ccc4c(c3)c3cc5ccc6c(-c7ccc(N(c8ccccc8)c8ccccc8)cc7)ccc7ccc(c5c76)c3n4-c3ccccc3)n2)cc1. The summed E-state index contributed by atoms with van der Waals surface area (Å²) in [5.41, 5.74) is 12.0. The summed E-state index contributed by atoms with van der Waals surface area (Å²) < 4.78 is 2.43. The largest absolute Gasteiger partial charge is 0.311 e. The van der Waals surface area contributed by atoms with Gasteiger partial charge in [-0.25, -0.2) is 15.0 Å². The molecule has 5 heteroatoms. The molecule has 11 aromatic carbocycles. The van der Waals surface area contributed by atoms with Crippen LogP contribution in [0.5, 0.6) is 0 Å². The maximum absolute atomic E-state index is 5.11. The van der Waals surface area contributed by atoms with Gasteiger partial charge in [-0.15, -0.1) is 0 Å². The van der Waals surface area contributed by atoms with E-state index in [0.29, 0.717) is 17.5 Å². The smallest absolute Gasteiger partial charge is 0.164 e. The van der Waals surface area contributed by atoms with Crippen LogP contribution >= 0.6 is 0 Å². The summed E-state index contributed by atoms with van der Waals surface area (Å²) in [4.78, 5) is 17.5. The highest BCUT2D eigenvalue weighted by molar-refractivity contribution is 6.33. The Kier molecular flexibility index (Phi) is 8.78. The molecule has 0 aliphatic carbocycles. The van der Waals surface area contributed by atoms with Crippen molar-refractivity contribution in [2.24, 2.45) is 0 Å². The van der Waals surface area contributed by atoms with E-state index in [-0.39, 0.29) is 0 Å². The van der Waals surface area contributed by atoms with E-state index in [2.05, 4.69) is 210 Å². The number of anilines is 3. The molecule has 0 saturated heterocycles. The van der Waals surface area contributed by atoms with Crippen molar-refractivity contribution in [3.05, 3.63) is 237 Å². The van der Waals surface area contributed by atoms with E-state index in [4.69, 9.17) is 15.0 Å². The zero-order valence-electron chi connectivity index (χ0n) is 35.8. The average molecular weight is 842 g/mol. The Balaban J connectivity index is 0.997. The van der Waals surface area contributed by atoms with Gasteiger partial charge in [0.15, 0.2) is 17.5 Å². The van der Waals surface area contributed by atoms with Gasteiger partial charge >= 0.3 is 0 Å². The van der Waals surface area contributed by atoms with E-state index in [1.54, 1.807) is 0 Å². The summed E-state index contributed by atoms with van der Waals surface area (Å²) in [6.07, 6.45) is 0. The molecule has 0 atom stereocenters. The molecule has 66 heavy (non-hydrogen) atoms. The third kappa shape index (κ3) is 6.21. The van der Waals surface area contributed by atoms with Crippen molar-refractivity contribution < 1.29 is 0 Å². The number of para-hydroxylation sites is 3. The van der Waals surface area contributed by atoms with Crippen molar-refractivity contribution in [2.75, 3.05) is 4.90 Å². The maximum atomic E-state index is 5.11. The van der Waals surface area contributed by atoms with Gasteiger partial charge in [-0.1, -0.05) is 164 Å². The first-order valence-corrected chi connectivity index (χ1v) is 22.4. The molecule has 0 fully saturated rings. The molecule has 308 valence electrons. The fraction of sp³-hybridized carbons (Fsp3) is 0. The average Bonchev–Trinajstić information content (AvgIpc) is 3.73. The van der Waals surface area contributed by atoms with Gasteiger partial charge in [-0.2, -0.15) is 0 Å². The summed E-state index contributed by atoms with van der Waals surface area (Å²) in [5.74, 6) is 1.92. The van der Waals surface area contributed by atoms with Crippen molar-refractivity contribution in [1.29, 1.82) is 0 Å². The van der Waals surface area contributed by atoms with Gasteiger partial charge in [-0.3, -0.25) is 0 Å². The lowest BCUT2D eigenvalue weighted by molar-refractivity contribution is 1.07. The monoisotopic (exact) mass is 841 g/mol. The quantitative estimate of drug-likeness (QED) is 0.143. The van der Waals surface area contributed by atoms with Gasteiger partial charge < -0.3 is 9.47 Å². The molecule has 0 bridgehead atoms. The van der Waals surface area contributed by atoms with Crippen LogP contribution in [0.25, 0.3) is 105 Å². The van der Waals surface area contributed by atoms with E-state index in [1.807, 2.05) is 36.4 Å². The number of benzene rings is 11. The first kappa shape index (κ1) is 37.6. The van der Waals surface area contributed by atoms with Gasteiger partial charge in [0.2, 0.25) is 0 Å². The summed E-state index contributed by atoms with van der Waals surface area (Å²) >= 11 is 0. The zero-order valence-corrected chi connectivity index (χ0v) is 35.8. The minimum absolute atomic E-state index is 0.635. The second-order valence-electron chi connectivity index (χ2n) is 16.8. The molecule has 13 aromatic rings. The highest BCUT2D eigenvalue weighted by Crippen LogP contribution is 2.46. The van der Waals surface area contributed by atoms with Crippen LogP contribution in [0, 0.1) is 0 Å². The first-order valence-electron chi connectivity index (χ1n) is 22.4. The van der Waals surface area contributed by atoms with Gasteiger partial charge in [0, 0.05) is 55.6 Å². The maximum Gasteiger partial charge on any atom is 0.164 e. The van der Waals surface area contributed by atoms with Crippen LogP contribution in [0.4, 0.5) is 17.1 Å². The van der Waals surface area contributed by atoms with Gasteiger partial charge in [-0.05, 0) is 111 Å². The topological polar surface area (TPSA) is 46.8 Å². The molecule has 0 radical (unpaired) electrons. The van der Waals surface area contributed by atoms with Crippen LogP contribution in [0.15, 0.2) is 237 Å². The number of hydrogen-bond acceptors (Lipinski definition) is 4. The van der Waals surface area contributed by atoms with Gasteiger partial charge in [0.25, 0.3) is 0 Å². The summed E-state index contributed by atoms with van der Waals surface area (Å²) in [7, 11) is 0. The first-order chi connectivity index (χ1) is 32.7. The molecule has 2 heterocycles. The van der Waals surface area contributed by atoms with Crippen LogP contribution in [0.2, 0.25) is 0 Å². The van der Waals surface area contributed by atoms with Crippen LogP contribution in [0.1, 0.15) is 0 Å². The minimum Gasteiger partial charge on any atom is -0.311 e. The van der Waals surface area contributed by atoms with Crippen LogP contribution in [0.3, 0.4) is 0 Å². The molecule has 0 saturated carbocycles. The fourth-order valence-electron chi connectivity index (χ4n) is 9.94. The molecule has 0 aliphatic heterocycles. The lowest BCUT2D eigenvalue weighted by Gasteiger charge is -2.25. The van der Waals surface area contributed by atoms with Crippen molar-refractivity contribution in [2.45, 2.75) is 0 Å². The molecule has 0 spiro atoms. The van der Waals surface area contributed by atoms with Crippen molar-refractivity contribution >= 4 is 71.2 Å². The van der Waals surface area contributed by atoms with Crippen LogP contribution in [-0.4, -0.2) is 19.5 Å². The highest BCUT2D eigenvalue weighted by atomic mass is 15.1. The minimum atomic E-state index is 0.635. The van der Waals surface area contributed by atoms with Crippen molar-refractivity contribution in [3.8, 4) is 51.0 Å². The Labute approximate surface area is 381 Å². The second kappa shape index (κ2) is 15.4. The molecule has 0 aliphatic rings. The summed E-state index contributed by atoms with van der Waals surface area (Å²) in [6.45, 7) is 0. The Morgan fingerprint density at radius 3 is 1.42 bits per heavy atom. The molecule has 5 nitrogen and oxygen atoms in total. The number of rotatable bonds is 8. The Morgan fingerprint density at radius 2 is 0.803 bits per heavy atom. The molecule has 13 rings (SSSR count). The molecular weight excluding hydrogens is 803 g/mol. The second-order valence-corrected chi connectivity index (χ2v) is 16.8. The fourth-order valence-corrected chi connectivity index (χ4v) is 9.94. The normalized spacial score (nSPS) is 11.6. The molecular formula is C61H39N5. The highest BCUT2D eigenvalue weighted by Gasteiger charge is 2.22. The van der Waals surface area contributed by atoms with Crippen molar-refractivity contribution in [3.63, 3.8) is 0 Å². The van der Waals surface area contributed by atoms with Gasteiger partial charge in [0.05, 0.1) is 11.0 Å². The number of fused-ring (bicyclic) bond motifs is 4. The lowest BCUT2D eigenvalue weighted by Crippen LogP contribution is -2.09. The van der Waals surface area contributed by atoms with E-state index in [1.165, 1.54) is 54.3 Å². The molecule has 0 amide bonds. The lowest BCUT2D eigenvalue weighted by atomic mass is 9.89. The Morgan fingerprint density at radius 1 is 0.318 bits per heavy atom. The number of nitrogens with zero attached hydrogens (tertiary/aromatic N) is 5. The Bertz CT molecular complexity index is 3790. The van der Waals surface area contributed by atoms with E-state index >= 15 is 0 Å². The molecule has 2 aromatic heterocycles. The summed E-state index contributed by atoms with van der Waals surface area (Å²) in [5, 5.41) is 9.76. The predicted molar refractivity (Wildman–Crippen MR) is 274 cm³/mol. The number of hydrogen-bond donors (Lipinski definition) is 0. The molecule has 0 N–H and O–H groups in total. The van der Waals surface area contributed by atoms with E-state index in [9.17, 15) is 0 Å². The summed E-state index contributed by atoms with van der Waals surface area (Å²) in [6, 6.07) is 84.1. The van der Waals surface area contributed by atoms with Gasteiger partial charge in [0.1, 0.15) is 0 Å². The number of aromatic nitrogens is 4. The van der Waals surface area contributed by atoms with Crippen molar-refractivity contribution in [1.82, 2.24) is 19.5 Å². The van der Waals surface area contributed by atoms with E-state index < -0.39 is 0 Å².